The van der Waals surface area contributed by atoms with E-state index >= 15 is 0 Å². The second-order valence-electron chi connectivity index (χ2n) is 4.44. The zero-order chi connectivity index (χ0) is 13.8. The van der Waals surface area contributed by atoms with Crippen molar-refractivity contribution < 1.29 is 9.53 Å². The number of ether oxygens (including phenoxy) is 1. The van der Waals surface area contributed by atoms with Crippen LogP contribution < -0.4 is 4.74 Å². The van der Waals surface area contributed by atoms with Crippen LogP contribution in [0.25, 0.3) is 10.9 Å². The molecule has 3 aromatic rings. The van der Waals surface area contributed by atoms with Gasteiger partial charge in [0, 0.05) is 17.1 Å². The molecule has 0 aliphatic heterocycles. The van der Waals surface area contributed by atoms with E-state index in [0.717, 1.165) is 10.9 Å². The van der Waals surface area contributed by atoms with Crippen LogP contribution in [0.2, 0.25) is 0 Å². The maximum absolute atomic E-state index is 12.1. The average Bonchev–Trinajstić information content (AvgIpc) is 2.53. The number of aromatic nitrogens is 1. The number of ketones is 1. The van der Waals surface area contributed by atoms with Gasteiger partial charge in [0.15, 0.2) is 12.4 Å². The van der Waals surface area contributed by atoms with Gasteiger partial charge in [0.2, 0.25) is 0 Å². The first-order valence-corrected chi connectivity index (χ1v) is 6.39. The molecule has 0 aliphatic carbocycles. The van der Waals surface area contributed by atoms with Crippen LogP contribution in [0.5, 0.6) is 5.75 Å². The third-order valence-corrected chi connectivity index (χ3v) is 3.04. The number of hydrogen-bond donors (Lipinski definition) is 0. The Morgan fingerprint density at radius 2 is 1.85 bits per heavy atom. The van der Waals surface area contributed by atoms with Crippen molar-refractivity contribution in [2.45, 2.75) is 0 Å². The lowest BCUT2D eigenvalue weighted by atomic mass is 10.1. The highest BCUT2D eigenvalue weighted by Crippen LogP contribution is 2.14. The molecule has 3 heteroatoms. The fourth-order valence-electron chi connectivity index (χ4n) is 1.99. The Bertz CT molecular complexity index is 738. The second-order valence-corrected chi connectivity index (χ2v) is 4.44. The van der Waals surface area contributed by atoms with Crippen LogP contribution in [0, 0.1) is 0 Å². The Labute approximate surface area is 116 Å². The number of rotatable bonds is 4. The van der Waals surface area contributed by atoms with Gasteiger partial charge in [-0.15, -0.1) is 0 Å². The topological polar surface area (TPSA) is 39.2 Å². The van der Waals surface area contributed by atoms with Crippen LogP contribution in [0.15, 0.2) is 66.9 Å². The summed E-state index contributed by atoms with van der Waals surface area (Å²) in [4.78, 5) is 16.4. The van der Waals surface area contributed by atoms with Gasteiger partial charge in [0.25, 0.3) is 0 Å². The number of pyridine rings is 1. The standard InChI is InChI=1S/C17H13NO2/c19-17(12-20-15-6-2-1-3-7-15)14-9-8-13-5-4-10-18-16(13)11-14/h1-11H,12H2. The highest BCUT2D eigenvalue weighted by molar-refractivity contribution is 6.00. The van der Waals surface area contributed by atoms with E-state index in [2.05, 4.69) is 4.98 Å². The summed E-state index contributed by atoms with van der Waals surface area (Å²) in [5, 5.41) is 1.02. The minimum Gasteiger partial charge on any atom is -0.485 e. The van der Waals surface area contributed by atoms with Crippen molar-refractivity contribution in [1.29, 1.82) is 0 Å². The van der Waals surface area contributed by atoms with Gasteiger partial charge < -0.3 is 4.74 Å². The third-order valence-electron chi connectivity index (χ3n) is 3.04. The summed E-state index contributed by atoms with van der Waals surface area (Å²) < 4.78 is 5.46. The molecule has 0 saturated carbocycles. The molecular formula is C17H13NO2. The fraction of sp³-hybridized carbons (Fsp3) is 0.0588. The zero-order valence-corrected chi connectivity index (χ0v) is 10.8. The molecule has 98 valence electrons. The molecule has 0 fully saturated rings. The maximum atomic E-state index is 12.1. The molecule has 0 aliphatic rings. The highest BCUT2D eigenvalue weighted by atomic mass is 16.5. The SMILES string of the molecule is O=C(COc1ccccc1)c1ccc2cccnc2c1. The lowest BCUT2D eigenvalue weighted by Crippen LogP contribution is -2.11. The molecule has 20 heavy (non-hydrogen) atoms. The van der Waals surface area contributed by atoms with Crippen LogP contribution in [-0.2, 0) is 0 Å². The molecule has 1 aromatic heterocycles. The van der Waals surface area contributed by atoms with Crippen molar-refractivity contribution in [2.24, 2.45) is 0 Å². The maximum Gasteiger partial charge on any atom is 0.200 e. The summed E-state index contributed by atoms with van der Waals surface area (Å²) in [6.45, 7) is 0.0301. The smallest absolute Gasteiger partial charge is 0.200 e. The quantitative estimate of drug-likeness (QED) is 0.676. The van der Waals surface area contributed by atoms with Gasteiger partial charge in [-0.25, -0.2) is 0 Å². The molecule has 3 rings (SSSR count). The Kier molecular flexibility index (Phi) is 3.42. The molecule has 0 saturated heterocycles. The van der Waals surface area contributed by atoms with E-state index in [0.29, 0.717) is 11.3 Å². The van der Waals surface area contributed by atoms with Gasteiger partial charge >= 0.3 is 0 Å². The molecule has 0 bridgehead atoms. The summed E-state index contributed by atoms with van der Waals surface area (Å²) >= 11 is 0. The van der Waals surface area contributed by atoms with E-state index in [1.165, 1.54) is 0 Å². The Hall–Kier alpha value is -2.68. The molecular weight excluding hydrogens is 250 g/mol. The van der Waals surface area contributed by atoms with Crippen LogP contribution in [0.4, 0.5) is 0 Å². The normalized spacial score (nSPS) is 10.4. The first kappa shape index (κ1) is 12.4. The number of para-hydroxylation sites is 1. The van der Waals surface area contributed by atoms with Gasteiger partial charge in [-0.3, -0.25) is 9.78 Å². The molecule has 0 atom stereocenters. The van der Waals surface area contributed by atoms with Crippen molar-refractivity contribution in [3.05, 3.63) is 72.4 Å². The number of benzene rings is 2. The van der Waals surface area contributed by atoms with Crippen LogP contribution in [0.1, 0.15) is 10.4 Å². The number of nitrogens with zero attached hydrogens (tertiary/aromatic N) is 1. The Morgan fingerprint density at radius 3 is 2.70 bits per heavy atom. The molecule has 0 spiro atoms. The largest absolute Gasteiger partial charge is 0.485 e. The summed E-state index contributed by atoms with van der Waals surface area (Å²) in [6, 6.07) is 18.7. The van der Waals surface area contributed by atoms with E-state index in [9.17, 15) is 4.79 Å². The first-order chi connectivity index (χ1) is 9.83. The van der Waals surface area contributed by atoms with Crippen molar-refractivity contribution >= 4 is 16.7 Å². The number of hydrogen-bond acceptors (Lipinski definition) is 3. The molecule has 0 N–H and O–H groups in total. The minimum atomic E-state index is -0.0543. The molecule has 1 heterocycles. The van der Waals surface area contributed by atoms with Crippen molar-refractivity contribution in [3.8, 4) is 5.75 Å². The predicted molar refractivity (Wildman–Crippen MR) is 78.0 cm³/mol. The molecule has 2 aromatic carbocycles. The van der Waals surface area contributed by atoms with E-state index in [4.69, 9.17) is 4.74 Å². The van der Waals surface area contributed by atoms with Gasteiger partial charge in [0.05, 0.1) is 5.52 Å². The fourth-order valence-corrected chi connectivity index (χ4v) is 1.99. The van der Waals surface area contributed by atoms with Crippen molar-refractivity contribution in [2.75, 3.05) is 6.61 Å². The molecule has 3 nitrogen and oxygen atoms in total. The highest BCUT2D eigenvalue weighted by Gasteiger charge is 2.08. The lowest BCUT2D eigenvalue weighted by Gasteiger charge is -2.06. The average molecular weight is 263 g/mol. The van der Waals surface area contributed by atoms with Crippen molar-refractivity contribution in [1.82, 2.24) is 4.98 Å². The lowest BCUT2D eigenvalue weighted by molar-refractivity contribution is 0.0921. The second kappa shape index (κ2) is 5.53. The Balaban J connectivity index is 1.75. The number of carbonyl (C=O) groups is 1. The summed E-state index contributed by atoms with van der Waals surface area (Å²) in [6.07, 6.45) is 1.72. The molecule has 0 radical (unpaired) electrons. The van der Waals surface area contributed by atoms with Gasteiger partial charge in [-0.1, -0.05) is 36.4 Å². The van der Waals surface area contributed by atoms with Gasteiger partial charge in [-0.05, 0) is 24.3 Å². The van der Waals surface area contributed by atoms with E-state index in [1.807, 2.05) is 48.5 Å². The summed E-state index contributed by atoms with van der Waals surface area (Å²) in [5.41, 5.74) is 1.44. The summed E-state index contributed by atoms with van der Waals surface area (Å²) in [5.74, 6) is 0.640. The van der Waals surface area contributed by atoms with E-state index in [-0.39, 0.29) is 12.4 Å². The minimum absolute atomic E-state index is 0.0301. The van der Waals surface area contributed by atoms with Crippen LogP contribution >= 0.6 is 0 Å². The van der Waals surface area contributed by atoms with E-state index in [1.54, 1.807) is 18.3 Å². The van der Waals surface area contributed by atoms with Gasteiger partial charge in [0.1, 0.15) is 5.75 Å². The van der Waals surface area contributed by atoms with Crippen molar-refractivity contribution in [3.63, 3.8) is 0 Å². The van der Waals surface area contributed by atoms with Gasteiger partial charge in [-0.2, -0.15) is 0 Å². The number of fused-ring (bicyclic) bond motifs is 1. The molecule has 0 amide bonds. The molecule has 0 unspecified atom stereocenters. The number of Topliss-reactive ketones (excluding diaryl/α,β-unsaturated/α-hetero) is 1. The predicted octanol–water partition coefficient (Wildman–Crippen LogP) is 3.50. The number of carbonyl (C=O) groups excluding carboxylic acids is 1. The summed E-state index contributed by atoms with van der Waals surface area (Å²) in [7, 11) is 0. The first-order valence-electron chi connectivity index (χ1n) is 6.39. The zero-order valence-electron chi connectivity index (χ0n) is 10.8. The Morgan fingerprint density at radius 1 is 1.00 bits per heavy atom. The van der Waals surface area contributed by atoms with E-state index < -0.39 is 0 Å². The van der Waals surface area contributed by atoms with Crippen LogP contribution in [-0.4, -0.2) is 17.4 Å². The van der Waals surface area contributed by atoms with Crippen LogP contribution in [0.3, 0.4) is 0 Å². The third kappa shape index (κ3) is 2.67. The monoisotopic (exact) mass is 263 g/mol.